The summed E-state index contributed by atoms with van der Waals surface area (Å²) in [5.74, 6) is 0.0375. The first-order valence-electron chi connectivity index (χ1n) is 7.60. The van der Waals surface area contributed by atoms with Crippen molar-refractivity contribution in [3.8, 4) is 11.5 Å². The predicted molar refractivity (Wildman–Crippen MR) is 104 cm³/mol. The lowest BCUT2D eigenvalue weighted by Crippen LogP contribution is -2.13. The first-order chi connectivity index (χ1) is 12.5. The summed E-state index contributed by atoms with van der Waals surface area (Å²) >= 11 is 0. The van der Waals surface area contributed by atoms with Crippen LogP contribution >= 0.6 is 10.7 Å². The Morgan fingerprint density at radius 3 is 1.44 bits per heavy atom. The Morgan fingerprint density at radius 1 is 0.741 bits per heavy atom. The van der Waals surface area contributed by atoms with Gasteiger partial charge < -0.3 is 9.47 Å². The minimum atomic E-state index is -3.58. The van der Waals surface area contributed by atoms with E-state index in [1.54, 1.807) is 24.3 Å². The molecule has 0 unspecified atom stereocenters. The van der Waals surface area contributed by atoms with Crippen LogP contribution in [0.25, 0.3) is 0 Å². The van der Waals surface area contributed by atoms with Gasteiger partial charge in [0, 0.05) is 10.7 Å². The summed E-state index contributed by atoms with van der Waals surface area (Å²) in [6.07, 6.45) is 0. The highest BCUT2D eigenvalue weighted by Gasteiger charge is 2.08. The fourth-order valence-corrected chi connectivity index (χ4v) is 2.38. The van der Waals surface area contributed by atoms with Gasteiger partial charge in [0.15, 0.2) is 0 Å². The lowest BCUT2D eigenvalue weighted by molar-refractivity contribution is 0.328. The maximum atomic E-state index is 10.9. The minimum Gasteiger partial charge on any atom is -0.476 e. The van der Waals surface area contributed by atoms with Gasteiger partial charge in [-0.25, -0.2) is 8.42 Å². The number of ether oxygens (including phenoxy) is 2. The van der Waals surface area contributed by atoms with Crippen molar-refractivity contribution < 1.29 is 30.5 Å². The summed E-state index contributed by atoms with van der Waals surface area (Å²) in [5.41, 5.74) is 2.17. The van der Waals surface area contributed by atoms with Crippen molar-refractivity contribution in [3.05, 3.63) is 59.7 Å². The molecule has 10 heteroatoms. The summed E-state index contributed by atoms with van der Waals surface area (Å²) in [7, 11) is -1.07. The first kappa shape index (κ1) is 23.2. The molecule has 0 saturated carbocycles. The minimum absolute atomic E-state index is 0.466. The third-order valence-corrected chi connectivity index (χ3v) is 4.61. The van der Waals surface area contributed by atoms with Crippen LogP contribution in [0.5, 0.6) is 11.5 Å². The monoisotopic (exact) mass is 436 g/mol. The summed E-state index contributed by atoms with van der Waals surface area (Å²) in [6, 6.07) is 14.1. The molecular weight excluding hydrogens is 416 g/mol. The third-order valence-electron chi connectivity index (χ3n) is 3.03. The van der Waals surface area contributed by atoms with Gasteiger partial charge in [0.2, 0.25) is 11.9 Å². The Hall–Kier alpha value is -1.81. The second kappa shape index (κ2) is 10.5. The molecule has 0 amide bonds. The lowest BCUT2D eigenvalue weighted by Gasteiger charge is -2.05. The van der Waals surface area contributed by atoms with Gasteiger partial charge in [0.25, 0.3) is 9.05 Å². The number of rotatable bonds is 7. The molecule has 27 heavy (non-hydrogen) atoms. The van der Waals surface area contributed by atoms with Crippen LogP contribution in [0.1, 0.15) is 11.1 Å². The van der Waals surface area contributed by atoms with E-state index in [1.165, 1.54) is 0 Å². The first-order valence-corrected chi connectivity index (χ1v) is 11.7. The zero-order valence-electron chi connectivity index (χ0n) is 15.1. The molecule has 0 aliphatic heterocycles. The number of benzene rings is 2. The highest BCUT2D eigenvalue weighted by Crippen LogP contribution is 2.13. The lowest BCUT2D eigenvalue weighted by atomic mass is 10.2. The van der Waals surface area contributed by atoms with Crippen molar-refractivity contribution in [1.29, 1.82) is 0 Å². The zero-order chi connectivity index (χ0) is 20.5. The molecule has 0 spiro atoms. The van der Waals surface area contributed by atoms with Gasteiger partial charge in [-0.3, -0.25) is 4.18 Å². The van der Waals surface area contributed by atoms with Gasteiger partial charge in [-0.05, 0) is 38.1 Å². The van der Waals surface area contributed by atoms with Gasteiger partial charge in [0.1, 0.15) is 11.5 Å². The molecule has 0 aliphatic carbocycles. The summed E-state index contributed by atoms with van der Waals surface area (Å²) in [4.78, 5) is 0. The number of halogens is 1. The maximum absolute atomic E-state index is 10.9. The Balaban J connectivity index is 0.000000271. The van der Waals surface area contributed by atoms with Crippen LogP contribution < -0.4 is 9.47 Å². The second-order valence-electron chi connectivity index (χ2n) is 5.41. The fraction of sp³-hybridized carbons (Fsp3) is 0.294. The quantitative estimate of drug-likeness (QED) is 0.485. The molecule has 0 radical (unpaired) electrons. The number of hydrogen-bond acceptors (Lipinski definition) is 7. The highest BCUT2D eigenvalue weighted by atomic mass is 35.7. The molecule has 0 bridgehead atoms. The molecule has 2 rings (SSSR count). The fourth-order valence-electron chi connectivity index (χ4n) is 1.60. The molecule has 150 valence electrons. The Labute approximate surface area is 164 Å². The largest absolute Gasteiger partial charge is 0.476 e. The summed E-state index contributed by atoms with van der Waals surface area (Å²) < 4.78 is 56.9. The van der Waals surface area contributed by atoms with Crippen molar-refractivity contribution in [2.75, 3.05) is 19.0 Å². The smallest absolute Gasteiger partial charge is 0.302 e. The molecular formula is C17H21ClO7S2. The van der Waals surface area contributed by atoms with Gasteiger partial charge in [-0.15, -0.1) is 0 Å². The molecule has 0 saturated heterocycles. The van der Waals surface area contributed by atoms with Crippen LogP contribution in [0.2, 0.25) is 0 Å². The summed E-state index contributed by atoms with van der Waals surface area (Å²) in [5, 5.41) is 0. The molecule has 0 heterocycles. The molecule has 2 aromatic carbocycles. The number of aryl methyl sites for hydroxylation is 2. The van der Waals surface area contributed by atoms with Gasteiger partial charge in [0.05, 0.1) is 7.11 Å². The number of hydrogen-bond donors (Lipinski definition) is 0. The highest BCUT2D eigenvalue weighted by molar-refractivity contribution is 8.13. The van der Waals surface area contributed by atoms with Crippen molar-refractivity contribution in [2.24, 2.45) is 0 Å². The summed E-state index contributed by atoms with van der Waals surface area (Å²) in [6.45, 7) is 3.87. The van der Waals surface area contributed by atoms with Gasteiger partial charge >= 0.3 is 10.1 Å². The van der Waals surface area contributed by atoms with E-state index >= 15 is 0 Å². The van der Waals surface area contributed by atoms with Crippen LogP contribution in [-0.4, -0.2) is 35.8 Å². The van der Waals surface area contributed by atoms with Crippen LogP contribution in [0.3, 0.4) is 0 Å². The van der Waals surface area contributed by atoms with Crippen molar-refractivity contribution in [1.82, 2.24) is 0 Å². The standard InChI is InChI=1S/C9H12O4S.C8H9ClO3S/c1-8-3-5-9(6-4-8)13-7-14(10,11)12-2;1-7-2-4-8(5-3-7)12-6-13(9,10)11/h3-6H,7H2,1-2H3;2-5H,6H2,1H3. The molecule has 0 N–H and O–H groups in total. The van der Waals surface area contributed by atoms with E-state index in [-0.39, 0.29) is 0 Å². The van der Waals surface area contributed by atoms with E-state index in [9.17, 15) is 16.8 Å². The van der Waals surface area contributed by atoms with E-state index in [4.69, 9.17) is 20.2 Å². The Morgan fingerprint density at radius 2 is 1.11 bits per heavy atom. The SMILES string of the molecule is COS(=O)(=O)COc1ccc(C)cc1.Cc1ccc(OCS(=O)(=O)Cl)cc1. The van der Waals surface area contributed by atoms with Gasteiger partial charge in [-0.1, -0.05) is 35.4 Å². The van der Waals surface area contributed by atoms with E-state index in [0.29, 0.717) is 11.5 Å². The van der Waals surface area contributed by atoms with E-state index in [2.05, 4.69) is 4.18 Å². The van der Waals surface area contributed by atoms with Crippen molar-refractivity contribution >= 4 is 29.9 Å². The van der Waals surface area contributed by atoms with E-state index in [1.807, 2.05) is 38.1 Å². The third kappa shape index (κ3) is 10.8. The Kier molecular flexibility index (Phi) is 9.04. The second-order valence-corrected chi connectivity index (χ2v) is 9.82. The van der Waals surface area contributed by atoms with Crippen molar-refractivity contribution in [3.63, 3.8) is 0 Å². The molecule has 0 aliphatic rings. The zero-order valence-corrected chi connectivity index (χ0v) is 17.5. The molecule has 0 fully saturated rings. The van der Waals surface area contributed by atoms with Crippen LogP contribution in [-0.2, 0) is 23.4 Å². The molecule has 0 aromatic heterocycles. The average molecular weight is 437 g/mol. The normalized spacial score (nSPS) is 11.3. The van der Waals surface area contributed by atoms with Gasteiger partial charge in [-0.2, -0.15) is 8.42 Å². The molecule has 0 atom stereocenters. The van der Waals surface area contributed by atoms with Crippen LogP contribution in [0.15, 0.2) is 48.5 Å². The average Bonchev–Trinajstić information content (AvgIpc) is 2.61. The predicted octanol–water partition coefficient (Wildman–Crippen LogP) is 3.21. The Bertz CT molecular complexity index is 907. The van der Waals surface area contributed by atoms with Crippen LogP contribution in [0.4, 0.5) is 0 Å². The topological polar surface area (TPSA) is 96.0 Å². The van der Waals surface area contributed by atoms with Crippen molar-refractivity contribution in [2.45, 2.75) is 13.8 Å². The van der Waals surface area contributed by atoms with Crippen LogP contribution in [0, 0.1) is 13.8 Å². The molecule has 7 nitrogen and oxygen atoms in total. The van der Waals surface area contributed by atoms with E-state index in [0.717, 1.165) is 18.2 Å². The maximum Gasteiger partial charge on any atom is 0.302 e. The molecule has 2 aromatic rings. The van der Waals surface area contributed by atoms with E-state index < -0.39 is 31.0 Å².